The first-order valence-electron chi connectivity index (χ1n) is 9.83. The van der Waals surface area contributed by atoms with Crippen LogP contribution in [-0.2, 0) is 9.59 Å². The second kappa shape index (κ2) is 7.93. The van der Waals surface area contributed by atoms with Gasteiger partial charge in [-0.1, -0.05) is 0 Å². The molecule has 1 aromatic carbocycles. The Bertz CT molecular complexity index is 1160. The van der Waals surface area contributed by atoms with Crippen LogP contribution in [0.5, 0.6) is 0 Å². The van der Waals surface area contributed by atoms with Crippen LogP contribution < -0.4 is 9.80 Å². The van der Waals surface area contributed by atoms with E-state index in [1.54, 1.807) is 12.3 Å². The number of halogens is 2. The SMILES string of the molecule is CN(C)C(=O)C(=O)N(C)c1cnn2ccc(N3CCC[C@@H]3c3cc(F)ccc3F)nc12. The summed E-state index contributed by atoms with van der Waals surface area (Å²) in [7, 11) is 4.48. The molecule has 0 spiro atoms. The summed E-state index contributed by atoms with van der Waals surface area (Å²) in [5, 5.41) is 4.20. The van der Waals surface area contributed by atoms with Crippen LogP contribution in [0, 0.1) is 11.6 Å². The van der Waals surface area contributed by atoms with E-state index in [-0.39, 0.29) is 11.6 Å². The van der Waals surface area contributed by atoms with E-state index in [0.717, 1.165) is 18.6 Å². The zero-order chi connectivity index (χ0) is 22.3. The predicted molar refractivity (Wildman–Crippen MR) is 111 cm³/mol. The predicted octanol–water partition coefficient (Wildman–Crippen LogP) is 2.40. The molecule has 2 aromatic heterocycles. The lowest BCUT2D eigenvalue weighted by Crippen LogP contribution is -2.40. The lowest BCUT2D eigenvalue weighted by Gasteiger charge is -2.26. The third kappa shape index (κ3) is 3.69. The second-order valence-corrected chi connectivity index (χ2v) is 7.66. The molecule has 1 atom stereocenters. The third-order valence-corrected chi connectivity index (χ3v) is 5.46. The van der Waals surface area contributed by atoms with E-state index in [9.17, 15) is 18.4 Å². The van der Waals surface area contributed by atoms with Crippen molar-refractivity contribution in [3.63, 3.8) is 0 Å². The van der Waals surface area contributed by atoms with E-state index in [1.165, 1.54) is 47.7 Å². The lowest BCUT2D eigenvalue weighted by atomic mass is 10.0. The van der Waals surface area contributed by atoms with Crippen LogP contribution in [0.4, 0.5) is 20.3 Å². The van der Waals surface area contributed by atoms with Gasteiger partial charge in [0.25, 0.3) is 0 Å². The molecule has 0 aliphatic carbocycles. The fourth-order valence-corrected chi connectivity index (χ4v) is 3.82. The Morgan fingerprint density at radius 1 is 1.13 bits per heavy atom. The number of fused-ring (bicyclic) bond motifs is 1. The molecule has 0 bridgehead atoms. The fourth-order valence-electron chi connectivity index (χ4n) is 3.82. The minimum Gasteiger partial charge on any atom is -0.349 e. The van der Waals surface area contributed by atoms with E-state index < -0.39 is 23.4 Å². The minimum absolute atomic E-state index is 0.289. The van der Waals surface area contributed by atoms with Crippen molar-refractivity contribution in [1.29, 1.82) is 0 Å². The van der Waals surface area contributed by atoms with Crippen molar-refractivity contribution in [3.05, 3.63) is 53.9 Å². The van der Waals surface area contributed by atoms with Gasteiger partial charge in [-0.25, -0.2) is 18.3 Å². The number of carbonyl (C=O) groups is 2. The minimum atomic E-state index is -0.715. The smallest absolute Gasteiger partial charge is 0.316 e. The Hall–Kier alpha value is -3.56. The van der Waals surface area contributed by atoms with Crippen molar-refractivity contribution in [2.75, 3.05) is 37.5 Å². The van der Waals surface area contributed by atoms with Gasteiger partial charge in [-0.15, -0.1) is 0 Å². The molecule has 4 rings (SSSR count). The molecule has 0 radical (unpaired) electrons. The van der Waals surface area contributed by atoms with Crippen LogP contribution in [0.25, 0.3) is 5.65 Å². The molecule has 3 aromatic rings. The van der Waals surface area contributed by atoms with Gasteiger partial charge in [0, 0.05) is 39.4 Å². The summed E-state index contributed by atoms with van der Waals surface area (Å²) in [5.74, 6) is -1.78. The number of carbonyl (C=O) groups excluding carboxylic acids is 2. The zero-order valence-electron chi connectivity index (χ0n) is 17.4. The van der Waals surface area contributed by atoms with E-state index in [0.29, 0.717) is 30.1 Å². The first-order valence-corrected chi connectivity index (χ1v) is 9.83. The summed E-state index contributed by atoms with van der Waals surface area (Å²) in [6, 6.07) is 4.84. The molecule has 0 saturated carbocycles. The fraction of sp³-hybridized carbons (Fsp3) is 0.333. The molecular formula is C21H22F2N6O2. The quantitative estimate of drug-likeness (QED) is 0.599. The molecule has 8 nitrogen and oxygen atoms in total. The van der Waals surface area contributed by atoms with E-state index in [1.807, 2.05) is 4.90 Å². The number of likely N-dealkylation sites (N-methyl/N-ethyl adjacent to an activating group) is 2. The molecule has 31 heavy (non-hydrogen) atoms. The van der Waals surface area contributed by atoms with Gasteiger partial charge in [0.15, 0.2) is 5.65 Å². The van der Waals surface area contributed by atoms with E-state index in [2.05, 4.69) is 10.1 Å². The monoisotopic (exact) mass is 428 g/mol. The van der Waals surface area contributed by atoms with Crippen LogP contribution in [0.3, 0.4) is 0 Å². The lowest BCUT2D eigenvalue weighted by molar-refractivity contribution is -0.142. The van der Waals surface area contributed by atoms with Crippen molar-refractivity contribution in [3.8, 4) is 0 Å². The highest BCUT2D eigenvalue weighted by atomic mass is 19.1. The molecule has 1 aliphatic rings. The molecule has 3 heterocycles. The maximum atomic E-state index is 14.4. The molecule has 0 unspecified atom stereocenters. The summed E-state index contributed by atoms with van der Waals surface area (Å²) >= 11 is 0. The Morgan fingerprint density at radius 2 is 1.90 bits per heavy atom. The number of aromatic nitrogens is 3. The van der Waals surface area contributed by atoms with Crippen molar-refractivity contribution >= 4 is 29.0 Å². The number of nitrogens with zero attached hydrogens (tertiary/aromatic N) is 6. The van der Waals surface area contributed by atoms with Crippen LogP contribution >= 0.6 is 0 Å². The van der Waals surface area contributed by atoms with Crippen molar-refractivity contribution in [2.24, 2.45) is 0 Å². The van der Waals surface area contributed by atoms with E-state index in [4.69, 9.17) is 0 Å². The normalized spacial score (nSPS) is 16.0. The molecule has 0 N–H and O–H groups in total. The summed E-state index contributed by atoms with van der Waals surface area (Å²) in [4.78, 5) is 33.5. The number of anilines is 2. The average Bonchev–Trinajstić information content (AvgIpc) is 3.40. The highest BCUT2D eigenvalue weighted by molar-refractivity contribution is 6.40. The van der Waals surface area contributed by atoms with Crippen molar-refractivity contribution < 1.29 is 18.4 Å². The number of amides is 2. The third-order valence-electron chi connectivity index (χ3n) is 5.46. The Balaban J connectivity index is 1.71. The van der Waals surface area contributed by atoms with Gasteiger partial charge in [-0.05, 0) is 37.1 Å². The van der Waals surface area contributed by atoms with Gasteiger partial charge in [0.05, 0.1) is 12.2 Å². The second-order valence-electron chi connectivity index (χ2n) is 7.66. The zero-order valence-corrected chi connectivity index (χ0v) is 17.4. The number of rotatable bonds is 3. The van der Waals surface area contributed by atoms with Crippen LogP contribution in [0.15, 0.2) is 36.7 Å². The largest absolute Gasteiger partial charge is 0.349 e. The highest BCUT2D eigenvalue weighted by Gasteiger charge is 2.30. The van der Waals surface area contributed by atoms with E-state index >= 15 is 0 Å². The summed E-state index contributed by atoms with van der Waals surface area (Å²) in [6.07, 6.45) is 4.61. The van der Waals surface area contributed by atoms with Gasteiger partial charge in [0.2, 0.25) is 0 Å². The summed E-state index contributed by atoms with van der Waals surface area (Å²) < 4.78 is 29.7. The molecule has 2 amide bonds. The number of hydrogen-bond donors (Lipinski definition) is 0. The molecule has 10 heteroatoms. The van der Waals surface area contributed by atoms with Crippen LogP contribution in [0.2, 0.25) is 0 Å². The average molecular weight is 428 g/mol. The molecular weight excluding hydrogens is 406 g/mol. The number of hydrogen-bond acceptors (Lipinski definition) is 5. The van der Waals surface area contributed by atoms with Gasteiger partial charge in [0.1, 0.15) is 23.1 Å². The van der Waals surface area contributed by atoms with Crippen molar-refractivity contribution in [2.45, 2.75) is 18.9 Å². The summed E-state index contributed by atoms with van der Waals surface area (Å²) in [5.41, 5.74) is 1.04. The van der Waals surface area contributed by atoms with Gasteiger partial charge >= 0.3 is 11.8 Å². The Morgan fingerprint density at radius 3 is 2.65 bits per heavy atom. The standard InChI is InChI=1S/C21H22F2N6O2/c1-26(2)20(30)21(31)27(3)17-12-24-29-10-8-18(25-19(17)29)28-9-4-5-16(28)14-11-13(22)6-7-15(14)23/h6-8,10-12,16H,4-5,9H2,1-3H3/t16-/m1/s1. The topological polar surface area (TPSA) is 74.1 Å². The van der Waals surface area contributed by atoms with Gasteiger partial charge in [-0.2, -0.15) is 5.10 Å². The van der Waals surface area contributed by atoms with Crippen LogP contribution in [-0.4, -0.2) is 59.0 Å². The molecule has 1 aliphatic heterocycles. The molecule has 162 valence electrons. The first-order chi connectivity index (χ1) is 14.8. The Kier molecular flexibility index (Phi) is 5.30. The van der Waals surface area contributed by atoms with Gasteiger partial charge < -0.3 is 14.7 Å². The Labute approximate surface area is 177 Å². The van der Waals surface area contributed by atoms with Crippen LogP contribution in [0.1, 0.15) is 24.4 Å². The van der Waals surface area contributed by atoms with Gasteiger partial charge in [-0.3, -0.25) is 9.59 Å². The number of benzene rings is 1. The molecule has 1 fully saturated rings. The maximum Gasteiger partial charge on any atom is 0.316 e. The maximum absolute atomic E-state index is 14.4. The highest BCUT2D eigenvalue weighted by Crippen LogP contribution is 2.37. The van der Waals surface area contributed by atoms with Crippen molar-refractivity contribution in [1.82, 2.24) is 19.5 Å². The molecule has 1 saturated heterocycles. The first kappa shape index (κ1) is 20.7. The summed E-state index contributed by atoms with van der Waals surface area (Å²) in [6.45, 7) is 0.626.